The normalized spacial score (nSPS) is 21.9. The van der Waals surface area contributed by atoms with E-state index in [1.165, 1.54) is 10.7 Å². The summed E-state index contributed by atoms with van der Waals surface area (Å²) in [5, 5.41) is 30.6. The average molecular weight is 461 g/mol. The number of rotatable bonds is 5. The van der Waals surface area contributed by atoms with E-state index in [0.717, 1.165) is 38.0 Å². The van der Waals surface area contributed by atoms with E-state index >= 15 is 0 Å². The molecule has 33 heavy (non-hydrogen) atoms. The smallest absolute Gasteiger partial charge is 0.247 e. The lowest BCUT2D eigenvalue weighted by Gasteiger charge is -2.34. The van der Waals surface area contributed by atoms with E-state index in [-0.39, 0.29) is 5.95 Å². The molecule has 4 heterocycles. The number of fused-ring (bicyclic) bond motifs is 3. The van der Waals surface area contributed by atoms with Crippen molar-refractivity contribution in [1.82, 2.24) is 24.5 Å². The van der Waals surface area contributed by atoms with Crippen molar-refractivity contribution < 1.29 is 0 Å². The number of hydrogen-bond acceptors (Lipinski definition) is 9. The van der Waals surface area contributed by atoms with Crippen molar-refractivity contribution in [3.05, 3.63) is 34.6 Å². The van der Waals surface area contributed by atoms with Crippen LogP contribution in [-0.2, 0) is 0 Å². The van der Waals surface area contributed by atoms with Crippen LogP contribution in [0.5, 0.6) is 0 Å². The minimum Gasteiger partial charge on any atom is -0.364 e. The molecule has 2 atom stereocenters. The molecule has 3 aliphatic rings. The number of nitriles is 2. The molecular formula is C22H21ClN10. The Morgan fingerprint density at radius 3 is 2.67 bits per heavy atom. The predicted molar refractivity (Wildman–Crippen MR) is 124 cm³/mol. The van der Waals surface area contributed by atoms with Gasteiger partial charge in [0, 0.05) is 31.2 Å². The van der Waals surface area contributed by atoms with Crippen LogP contribution in [0.15, 0.2) is 18.3 Å². The standard InChI is InChI=1S/C22H21ClN10/c1-31-10-15-6-14(31)11-32(15)18-5-12(7-24)4-17(19(18)23)28-22-29-20(27-13-2-3-13)21-26-9-16(8-25)33(21)30-22/h4-5,9,13-15H,2-3,6,10-11H2,1H3,(H2,27,28,29,30). The van der Waals surface area contributed by atoms with Gasteiger partial charge in [0.05, 0.1) is 34.2 Å². The van der Waals surface area contributed by atoms with E-state index in [1.54, 1.807) is 6.07 Å². The predicted octanol–water partition coefficient (Wildman–Crippen LogP) is 2.73. The molecule has 166 valence electrons. The van der Waals surface area contributed by atoms with Crippen molar-refractivity contribution >= 4 is 40.4 Å². The summed E-state index contributed by atoms with van der Waals surface area (Å²) in [6.07, 6.45) is 4.71. The van der Waals surface area contributed by atoms with Gasteiger partial charge in [-0.2, -0.15) is 20.0 Å². The lowest BCUT2D eigenvalue weighted by molar-refractivity contribution is 0.292. The Bertz CT molecular complexity index is 1350. The summed E-state index contributed by atoms with van der Waals surface area (Å²) in [5.74, 6) is 0.829. The van der Waals surface area contributed by atoms with Crippen molar-refractivity contribution in [3.63, 3.8) is 0 Å². The van der Waals surface area contributed by atoms with E-state index in [1.807, 2.05) is 6.07 Å². The number of imidazole rings is 1. The van der Waals surface area contributed by atoms with Crippen LogP contribution in [0, 0.1) is 22.7 Å². The summed E-state index contributed by atoms with van der Waals surface area (Å²) < 4.78 is 1.47. The van der Waals surface area contributed by atoms with Crippen LogP contribution in [0.4, 0.5) is 23.1 Å². The van der Waals surface area contributed by atoms with Crippen molar-refractivity contribution in [2.45, 2.75) is 37.4 Å². The van der Waals surface area contributed by atoms with Gasteiger partial charge in [-0.05, 0) is 38.4 Å². The number of nitrogens with zero attached hydrogens (tertiary/aromatic N) is 8. The summed E-state index contributed by atoms with van der Waals surface area (Å²) >= 11 is 6.86. The molecule has 2 N–H and O–H groups in total. The number of nitrogens with one attached hydrogen (secondary N) is 2. The second kappa shape index (κ2) is 7.48. The molecule has 0 radical (unpaired) electrons. The molecule has 2 unspecified atom stereocenters. The molecule has 1 aromatic carbocycles. The van der Waals surface area contributed by atoms with Gasteiger partial charge in [0.25, 0.3) is 0 Å². The number of aromatic nitrogens is 4. The Labute approximate surface area is 195 Å². The maximum Gasteiger partial charge on any atom is 0.247 e. The summed E-state index contributed by atoms with van der Waals surface area (Å²) in [6.45, 7) is 1.86. The maximum atomic E-state index is 9.65. The van der Waals surface area contributed by atoms with E-state index in [0.29, 0.717) is 51.6 Å². The van der Waals surface area contributed by atoms with E-state index in [2.05, 4.69) is 54.7 Å². The van der Waals surface area contributed by atoms with Crippen molar-refractivity contribution in [1.29, 1.82) is 10.5 Å². The second-order valence-electron chi connectivity index (χ2n) is 8.92. The fourth-order valence-corrected chi connectivity index (χ4v) is 5.05. The molecular weight excluding hydrogens is 440 g/mol. The van der Waals surface area contributed by atoms with E-state index < -0.39 is 0 Å². The highest BCUT2D eigenvalue weighted by molar-refractivity contribution is 6.36. The molecule has 11 heteroatoms. The third-order valence-electron chi connectivity index (χ3n) is 6.65. The zero-order chi connectivity index (χ0) is 22.7. The quantitative estimate of drug-likeness (QED) is 0.591. The Kier molecular flexibility index (Phi) is 4.54. The number of likely N-dealkylation sites (N-methyl/N-ethyl adjacent to an activating group) is 1. The highest BCUT2D eigenvalue weighted by Gasteiger charge is 2.42. The fraction of sp³-hybridized carbons (Fsp3) is 0.409. The van der Waals surface area contributed by atoms with Gasteiger partial charge in [0.1, 0.15) is 6.07 Å². The van der Waals surface area contributed by atoms with Crippen LogP contribution >= 0.6 is 11.6 Å². The molecule has 2 bridgehead atoms. The minimum absolute atomic E-state index is 0.269. The molecule has 10 nitrogen and oxygen atoms in total. The summed E-state index contributed by atoms with van der Waals surface area (Å²) in [7, 11) is 2.15. The van der Waals surface area contributed by atoms with Gasteiger partial charge in [0.2, 0.25) is 5.95 Å². The first kappa shape index (κ1) is 20.0. The molecule has 6 rings (SSSR count). The van der Waals surface area contributed by atoms with Gasteiger partial charge < -0.3 is 15.5 Å². The minimum atomic E-state index is 0.269. The molecule has 0 spiro atoms. The van der Waals surface area contributed by atoms with Crippen LogP contribution < -0.4 is 15.5 Å². The number of halogens is 1. The lowest BCUT2D eigenvalue weighted by atomic mass is 10.1. The van der Waals surface area contributed by atoms with Gasteiger partial charge in [-0.1, -0.05) is 11.6 Å². The summed E-state index contributed by atoms with van der Waals surface area (Å²) in [6, 6.07) is 9.12. The zero-order valence-corrected chi connectivity index (χ0v) is 18.7. The molecule has 2 saturated heterocycles. The molecule has 3 fully saturated rings. The largest absolute Gasteiger partial charge is 0.364 e. The van der Waals surface area contributed by atoms with Crippen LogP contribution in [0.25, 0.3) is 5.65 Å². The Morgan fingerprint density at radius 1 is 1.15 bits per heavy atom. The number of likely N-dealkylation sites (tertiary alicyclic amines) is 1. The second-order valence-corrected chi connectivity index (χ2v) is 9.30. The van der Waals surface area contributed by atoms with Gasteiger partial charge in [0.15, 0.2) is 17.2 Å². The van der Waals surface area contributed by atoms with Gasteiger partial charge in [-0.15, -0.1) is 5.10 Å². The van der Waals surface area contributed by atoms with Crippen molar-refractivity contribution in [3.8, 4) is 12.1 Å². The number of hydrogen-bond donors (Lipinski definition) is 2. The average Bonchev–Trinajstić information content (AvgIpc) is 3.22. The SMILES string of the molecule is CN1CC2CC1CN2c1cc(C#N)cc(Nc2nc(NC3CC3)c3ncc(C#N)n3n2)c1Cl. The van der Waals surface area contributed by atoms with Gasteiger partial charge in [-0.3, -0.25) is 4.90 Å². The Balaban J connectivity index is 1.39. The van der Waals surface area contributed by atoms with Crippen molar-refractivity contribution in [2.24, 2.45) is 0 Å². The van der Waals surface area contributed by atoms with Gasteiger partial charge >= 0.3 is 0 Å². The van der Waals surface area contributed by atoms with Crippen molar-refractivity contribution in [2.75, 3.05) is 35.7 Å². The number of piperazine rings is 1. The highest BCUT2D eigenvalue weighted by atomic mass is 35.5. The van der Waals surface area contributed by atoms with E-state index in [4.69, 9.17) is 11.6 Å². The van der Waals surface area contributed by atoms with Crippen LogP contribution in [-0.4, -0.2) is 62.7 Å². The zero-order valence-electron chi connectivity index (χ0n) is 18.0. The first-order chi connectivity index (χ1) is 16.0. The topological polar surface area (TPSA) is 121 Å². The number of anilines is 4. The third-order valence-corrected chi connectivity index (χ3v) is 7.04. The first-order valence-corrected chi connectivity index (χ1v) is 11.3. The molecule has 2 aliphatic heterocycles. The lowest BCUT2D eigenvalue weighted by Crippen LogP contribution is -2.44. The van der Waals surface area contributed by atoms with Crippen LogP contribution in [0.3, 0.4) is 0 Å². The van der Waals surface area contributed by atoms with Crippen LogP contribution in [0.2, 0.25) is 5.02 Å². The monoisotopic (exact) mass is 460 g/mol. The molecule has 3 aromatic rings. The molecule has 0 amide bonds. The summed E-state index contributed by atoms with van der Waals surface area (Å²) in [5.41, 5.74) is 2.71. The fourth-order valence-electron chi connectivity index (χ4n) is 4.78. The molecule has 2 aromatic heterocycles. The Morgan fingerprint density at radius 2 is 2.00 bits per heavy atom. The maximum absolute atomic E-state index is 9.65. The highest BCUT2D eigenvalue weighted by Crippen LogP contribution is 2.41. The Hall–Kier alpha value is -3.60. The van der Waals surface area contributed by atoms with Crippen LogP contribution in [0.1, 0.15) is 30.5 Å². The van der Waals surface area contributed by atoms with Gasteiger partial charge in [-0.25, -0.2) is 4.98 Å². The first-order valence-electron chi connectivity index (χ1n) is 10.9. The third kappa shape index (κ3) is 3.39. The summed E-state index contributed by atoms with van der Waals surface area (Å²) in [4.78, 5) is 13.6. The molecule has 1 aliphatic carbocycles. The number of benzene rings is 1. The molecule has 1 saturated carbocycles. The van der Waals surface area contributed by atoms with E-state index in [9.17, 15) is 10.5 Å².